The Balaban J connectivity index is 4.30. The highest BCUT2D eigenvalue weighted by molar-refractivity contribution is 7.47. The van der Waals surface area contributed by atoms with Crippen LogP contribution in [0.2, 0.25) is 0 Å². The van der Waals surface area contributed by atoms with Gasteiger partial charge in [0.05, 0.1) is 27.7 Å². The Kier molecular flexibility index (Phi) is 38.3. The SMILES string of the molecule is CCCCCCCCCC/C=C\CCCCCC(=O)O[C@H](COC(=O)CCCCCCCCCCCCCCCCCCC)COP(=O)(O)OCC[N+](C)(C)C. The number of hydrogen-bond donors (Lipinski definition) is 1. The van der Waals surface area contributed by atoms with E-state index in [0.29, 0.717) is 23.9 Å². The quantitative estimate of drug-likeness (QED) is 0.0213. The van der Waals surface area contributed by atoms with Crippen molar-refractivity contribution < 1.29 is 42.1 Å². The molecule has 0 aliphatic carbocycles. The molecule has 0 amide bonds. The number of rotatable bonds is 43. The van der Waals surface area contributed by atoms with Gasteiger partial charge in [-0.05, 0) is 38.5 Å². The highest BCUT2D eigenvalue weighted by atomic mass is 31.2. The Bertz CT molecular complexity index is 969. The van der Waals surface area contributed by atoms with Crippen molar-refractivity contribution in [2.24, 2.45) is 0 Å². The van der Waals surface area contributed by atoms with Crippen LogP contribution in [0.3, 0.4) is 0 Å². The largest absolute Gasteiger partial charge is 0.472 e. The Labute approximate surface area is 346 Å². The van der Waals surface area contributed by atoms with Gasteiger partial charge >= 0.3 is 19.8 Å². The van der Waals surface area contributed by atoms with E-state index in [2.05, 4.69) is 26.0 Å². The van der Waals surface area contributed by atoms with Crippen molar-refractivity contribution in [3.8, 4) is 0 Å². The van der Waals surface area contributed by atoms with Crippen LogP contribution < -0.4 is 0 Å². The Morgan fingerprint density at radius 3 is 1.34 bits per heavy atom. The zero-order chi connectivity index (χ0) is 41.4. The molecule has 0 heterocycles. The summed E-state index contributed by atoms with van der Waals surface area (Å²) in [5.74, 6) is -0.805. The lowest BCUT2D eigenvalue weighted by Gasteiger charge is -2.24. The third-order valence-electron chi connectivity index (χ3n) is 10.3. The van der Waals surface area contributed by atoms with E-state index < -0.39 is 26.5 Å². The molecule has 0 rings (SSSR count). The molecule has 0 fully saturated rings. The van der Waals surface area contributed by atoms with E-state index in [1.54, 1.807) is 0 Å². The van der Waals surface area contributed by atoms with E-state index in [1.807, 2.05) is 21.1 Å². The molecule has 0 radical (unpaired) electrons. The predicted octanol–water partition coefficient (Wildman–Crippen LogP) is 13.4. The summed E-state index contributed by atoms with van der Waals surface area (Å²) in [5, 5.41) is 0. The molecule has 0 aromatic heterocycles. The summed E-state index contributed by atoms with van der Waals surface area (Å²) in [6.45, 7) is 4.44. The van der Waals surface area contributed by atoms with E-state index in [1.165, 1.54) is 141 Å². The number of nitrogens with zero attached hydrogens (tertiary/aromatic N) is 1. The van der Waals surface area contributed by atoms with Gasteiger partial charge in [0.15, 0.2) is 6.10 Å². The molecule has 0 aromatic rings. The summed E-state index contributed by atoms with van der Waals surface area (Å²) in [5.41, 5.74) is 0. The van der Waals surface area contributed by atoms with Gasteiger partial charge in [0.25, 0.3) is 0 Å². The second-order valence-electron chi connectivity index (χ2n) is 17.1. The van der Waals surface area contributed by atoms with Crippen molar-refractivity contribution in [3.05, 3.63) is 12.2 Å². The molecule has 56 heavy (non-hydrogen) atoms. The van der Waals surface area contributed by atoms with E-state index >= 15 is 0 Å². The fraction of sp³-hybridized carbons (Fsp3) is 0.913. The third kappa shape index (κ3) is 42.4. The second kappa shape index (κ2) is 39.2. The number of unbranched alkanes of at least 4 members (excludes halogenated alkanes) is 27. The van der Waals surface area contributed by atoms with Gasteiger partial charge in [0.2, 0.25) is 0 Å². The number of ether oxygens (including phenoxy) is 2. The van der Waals surface area contributed by atoms with Crippen LogP contribution in [0.4, 0.5) is 0 Å². The minimum absolute atomic E-state index is 0.0322. The zero-order valence-electron chi connectivity index (χ0n) is 37.4. The molecule has 10 heteroatoms. The number of phosphoric acid groups is 1. The molecule has 0 saturated carbocycles. The number of esters is 2. The second-order valence-corrected chi connectivity index (χ2v) is 18.6. The van der Waals surface area contributed by atoms with Crippen molar-refractivity contribution in [2.75, 3.05) is 47.5 Å². The van der Waals surface area contributed by atoms with Gasteiger partial charge in [-0.3, -0.25) is 18.6 Å². The Morgan fingerprint density at radius 2 is 0.911 bits per heavy atom. The minimum Gasteiger partial charge on any atom is -0.462 e. The van der Waals surface area contributed by atoms with Gasteiger partial charge in [-0.1, -0.05) is 180 Å². The smallest absolute Gasteiger partial charge is 0.462 e. The number of carbonyl (C=O) groups excluding carboxylic acids is 2. The number of quaternary nitrogens is 1. The molecule has 0 saturated heterocycles. The van der Waals surface area contributed by atoms with Crippen LogP contribution >= 0.6 is 7.82 Å². The molecule has 1 N–H and O–H groups in total. The number of carbonyl (C=O) groups is 2. The first-order chi connectivity index (χ1) is 27.0. The van der Waals surface area contributed by atoms with Gasteiger partial charge in [-0.15, -0.1) is 0 Å². The topological polar surface area (TPSA) is 108 Å². The first-order valence-electron chi connectivity index (χ1n) is 23.4. The van der Waals surface area contributed by atoms with Gasteiger partial charge in [-0.25, -0.2) is 4.57 Å². The molecule has 2 atom stereocenters. The molecule has 0 aromatic carbocycles. The van der Waals surface area contributed by atoms with Crippen molar-refractivity contribution >= 4 is 19.8 Å². The van der Waals surface area contributed by atoms with E-state index in [-0.39, 0.29) is 25.6 Å². The normalized spacial score (nSPS) is 13.6. The average molecular weight is 817 g/mol. The first-order valence-corrected chi connectivity index (χ1v) is 24.9. The van der Waals surface area contributed by atoms with E-state index in [9.17, 15) is 19.0 Å². The number of likely N-dealkylation sites (N-methyl/N-ethyl adjacent to an activating group) is 1. The van der Waals surface area contributed by atoms with Gasteiger partial charge in [0.1, 0.15) is 19.8 Å². The highest BCUT2D eigenvalue weighted by Gasteiger charge is 2.27. The van der Waals surface area contributed by atoms with Crippen LogP contribution in [0.5, 0.6) is 0 Å². The summed E-state index contributed by atoms with van der Waals surface area (Å²) in [4.78, 5) is 35.4. The summed E-state index contributed by atoms with van der Waals surface area (Å²) in [6, 6.07) is 0. The minimum atomic E-state index is -4.37. The molecule has 0 aliphatic rings. The van der Waals surface area contributed by atoms with Crippen LogP contribution in [0.25, 0.3) is 0 Å². The standard InChI is InChI=1S/C46H90NO8P/c1-6-8-10-12-14-16-18-20-22-23-25-26-28-30-32-34-36-38-45(48)52-42-44(43-54-56(50,51)53-41-40-47(3,4)5)55-46(49)39-37-35-33-31-29-27-24-21-19-17-15-13-11-9-7-2/h27,29,44H,6-26,28,30-43H2,1-5H3/p+1/b29-27-/t44-/m1/s1. The maximum Gasteiger partial charge on any atom is 0.472 e. The third-order valence-corrected chi connectivity index (χ3v) is 11.3. The molecular weight excluding hydrogens is 725 g/mol. The van der Waals surface area contributed by atoms with Crippen LogP contribution in [-0.2, 0) is 32.7 Å². The van der Waals surface area contributed by atoms with E-state index in [0.717, 1.165) is 44.9 Å². The molecule has 0 spiro atoms. The molecule has 0 aliphatic heterocycles. The van der Waals surface area contributed by atoms with Crippen LogP contribution in [0.1, 0.15) is 219 Å². The van der Waals surface area contributed by atoms with Gasteiger partial charge in [-0.2, -0.15) is 0 Å². The molecule has 0 bridgehead atoms. The van der Waals surface area contributed by atoms with Crippen molar-refractivity contribution in [2.45, 2.75) is 225 Å². The Morgan fingerprint density at radius 1 is 0.536 bits per heavy atom. The number of allylic oxidation sites excluding steroid dienone is 2. The summed E-state index contributed by atoms with van der Waals surface area (Å²) in [6.07, 6.45) is 41.1. The average Bonchev–Trinajstić information content (AvgIpc) is 3.15. The predicted molar refractivity (Wildman–Crippen MR) is 234 cm³/mol. The number of hydrogen-bond acceptors (Lipinski definition) is 7. The van der Waals surface area contributed by atoms with Crippen LogP contribution in [0.15, 0.2) is 12.2 Å². The zero-order valence-corrected chi connectivity index (χ0v) is 38.3. The lowest BCUT2D eigenvalue weighted by atomic mass is 10.0. The molecular formula is C46H91NO8P+. The lowest BCUT2D eigenvalue weighted by Crippen LogP contribution is -2.37. The summed E-state index contributed by atoms with van der Waals surface area (Å²) in [7, 11) is 1.48. The highest BCUT2D eigenvalue weighted by Crippen LogP contribution is 2.43. The lowest BCUT2D eigenvalue weighted by molar-refractivity contribution is -0.870. The molecule has 332 valence electrons. The first kappa shape index (κ1) is 54.8. The fourth-order valence-electron chi connectivity index (χ4n) is 6.60. The summed E-state index contributed by atoms with van der Waals surface area (Å²) >= 11 is 0. The van der Waals surface area contributed by atoms with Crippen molar-refractivity contribution in [1.29, 1.82) is 0 Å². The monoisotopic (exact) mass is 817 g/mol. The van der Waals surface area contributed by atoms with Crippen LogP contribution in [0, 0.1) is 0 Å². The fourth-order valence-corrected chi connectivity index (χ4v) is 7.34. The van der Waals surface area contributed by atoms with Crippen LogP contribution in [-0.4, -0.2) is 74.9 Å². The van der Waals surface area contributed by atoms with E-state index in [4.69, 9.17) is 18.5 Å². The van der Waals surface area contributed by atoms with Crippen molar-refractivity contribution in [3.63, 3.8) is 0 Å². The molecule has 9 nitrogen and oxygen atoms in total. The van der Waals surface area contributed by atoms with Crippen molar-refractivity contribution in [1.82, 2.24) is 0 Å². The maximum atomic E-state index is 12.7. The van der Waals surface area contributed by atoms with Gasteiger partial charge in [0, 0.05) is 12.8 Å². The van der Waals surface area contributed by atoms with Gasteiger partial charge < -0.3 is 18.9 Å². The Hall–Kier alpha value is -1.25. The summed E-state index contributed by atoms with van der Waals surface area (Å²) < 4.78 is 34.3. The maximum absolute atomic E-state index is 12.7. The molecule has 1 unspecified atom stereocenters. The number of phosphoric ester groups is 1.